The van der Waals surface area contributed by atoms with Gasteiger partial charge in [-0.05, 0) is 47.2 Å². The molecule has 1 aromatic heterocycles. The average molecular weight is 406 g/mol. The molecule has 0 aliphatic heterocycles. The van der Waals surface area contributed by atoms with Crippen molar-refractivity contribution < 1.29 is 9.53 Å². The van der Waals surface area contributed by atoms with Crippen LogP contribution in [0, 0.1) is 3.57 Å². The lowest BCUT2D eigenvalue weighted by Crippen LogP contribution is -2.41. The fourth-order valence-corrected chi connectivity index (χ4v) is 2.96. The SMILES string of the molecule is CCC(Oc1c(I)cc(Cl)c2cccnc12)C(=O)NN. The van der Waals surface area contributed by atoms with Crippen LogP contribution >= 0.6 is 34.2 Å². The molecular weight excluding hydrogens is 393 g/mol. The number of carbonyl (C=O) groups is 1. The summed E-state index contributed by atoms with van der Waals surface area (Å²) in [6.45, 7) is 1.85. The number of ether oxygens (including phenoxy) is 1. The predicted octanol–water partition coefficient (Wildman–Crippen LogP) is 2.64. The van der Waals surface area contributed by atoms with Crippen LogP contribution < -0.4 is 16.0 Å². The van der Waals surface area contributed by atoms with Gasteiger partial charge in [-0.1, -0.05) is 18.5 Å². The number of rotatable bonds is 4. The number of hydrogen-bond donors (Lipinski definition) is 2. The fourth-order valence-electron chi connectivity index (χ4n) is 1.82. The van der Waals surface area contributed by atoms with Crippen LogP contribution in [0.2, 0.25) is 5.02 Å². The molecule has 106 valence electrons. The van der Waals surface area contributed by atoms with Crippen molar-refractivity contribution in [1.82, 2.24) is 10.4 Å². The lowest BCUT2D eigenvalue weighted by Gasteiger charge is -2.18. The molecular formula is C13H13ClIN3O2. The summed E-state index contributed by atoms with van der Waals surface area (Å²) in [5, 5.41) is 1.38. The third-order valence-corrected chi connectivity index (χ3v) is 3.93. The van der Waals surface area contributed by atoms with E-state index in [9.17, 15) is 4.79 Å². The highest BCUT2D eigenvalue weighted by molar-refractivity contribution is 14.1. The van der Waals surface area contributed by atoms with Crippen molar-refractivity contribution in [1.29, 1.82) is 0 Å². The Kier molecular flexibility index (Phi) is 5.00. The van der Waals surface area contributed by atoms with Crippen LogP contribution in [0.15, 0.2) is 24.4 Å². The highest BCUT2D eigenvalue weighted by atomic mass is 127. The quantitative estimate of drug-likeness (QED) is 0.355. The molecule has 0 fully saturated rings. The Morgan fingerprint density at radius 1 is 1.65 bits per heavy atom. The second-order valence-electron chi connectivity index (χ2n) is 4.09. The molecule has 0 radical (unpaired) electrons. The van der Waals surface area contributed by atoms with E-state index in [2.05, 4.69) is 33.0 Å². The first kappa shape index (κ1) is 15.3. The van der Waals surface area contributed by atoms with Crippen molar-refractivity contribution in [3.05, 3.63) is 33.0 Å². The highest BCUT2D eigenvalue weighted by Crippen LogP contribution is 2.35. The number of fused-ring (bicyclic) bond motifs is 1. The molecule has 0 saturated heterocycles. The van der Waals surface area contributed by atoms with Crippen LogP contribution in [0.3, 0.4) is 0 Å². The fraction of sp³-hybridized carbons (Fsp3) is 0.231. The molecule has 1 unspecified atom stereocenters. The van der Waals surface area contributed by atoms with E-state index in [0.29, 0.717) is 22.7 Å². The second-order valence-corrected chi connectivity index (χ2v) is 5.66. The summed E-state index contributed by atoms with van der Waals surface area (Å²) in [4.78, 5) is 15.9. The van der Waals surface area contributed by atoms with Crippen molar-refractivity contribution in [2.24, 2.45) is 5.84 Å². The van der Waals surface area contributed by atoms with Crippen LogP contribution in [0.1, 0.15) is 13.3 Å². The first-order chi connectivity index (χ1) is 9.58. The van der Waals surface area contributed by atoms with E-state index in [4.69, 9.17) is 22.2 Å². The Morgan fingerprint density at radius 3 is 3.05 bits per heavy atom. The Morgan fingerprint density at radius 2 is 2.40 bits per heavy atom. The monoisotopic (exact) mass is 405 g/mol. The number of carbonyl (C=O) groups excluding carboxylic acids is 1. The van der Waals surface area contributed by atoms with Crippen LogP contribution in [0.25, 0.3) is 10.9 Å². The van der Waals surface area contributed by atoms with Gasteiger partial charge in [-0.2, -0.15) is 0 Å². The minimum absolute atomic E-state index is 0.373. The number of aromatic nitrogens is 1. The van der Waals surface area contributed by atoms with Gasteiger partial charge in [0.15, 0.2) is 11.9 Å². The average Bonchev–Trinajstić information content (AvgIpc) is 2.46. The summed E-state index contributed by atoms with van der Waals surface area (Å²) < 4.78 is 6.59. The summed E-state index contributed by atoms with van der Waals surface area (Å²) in [7, 11) is 0. The van der Waals surface area contributed by atoms with Crippen LogP contribution in [0.5, 0.6) is 5.75 Å². The highest BCUT2D eigenvalue weighted by Gasteiger charge is 2.21. The second kappa shape index (κ2) is 6.55. The molecule has 2 rings (SSSR count). The molecule has 3 N–H and O–H groups in total. The number of nitrogens with zero attached hydrogens (tertiary/aromatic N) is 1. The zero-order valence-corrected chi connectivity index (χ0v) is 13.6. The summed E-state index contributed by atoms with van der Waals surface area (Å²) in [6.07, 6.45) is 1.49. The van der Waals surface area contributed by atoms with Gasteiger partial charge in [-0.3, -0.25) is 15.2 Å². The number of amides is 1. The maximum absolute atomic E-state index is 11.7. The molecule has 0 aliphatic carbocycles. The van der Waals surface area contributed by atoms with E-state index < -0.39 is 6.10 Å². The largest absolute Gasteiger partial charge is 0.477 e. The van der Waals surface area contributed by atoms with Gasteiger partial charge in [0.05, 0.1) is 8.59 Å². The van der Waals surface area contributed by atoms with E-state index in [0.717, 1.165) is 8.96 Å². The van der Waals surface area contributed by atoms with E-state index >= 15 is 0 Å². The van der Waals surface area contributed by atoms with Crippen molar-refractivity contribution in [2.45, 2.75) is 19.4 Å². The normalized spacial score (nSPS) is 12.2. The molecule has 7 heteroatoms. The Hall–Kier alpha value is -1.12. The number of nitrogens with one attached hydrogen (secondary N) is 1. The third-order valence-electron chi connectivity index (χ3n) is 2.82. The van der Waals surface area contributed by atoms with Gasteiger partial charge in [0.2, 0.25) is 0 Å². The topological polar surface area (TPSA) is 77.2 Å². The Balaban J connectivity index is 2.51. The Bertz CT molecular complexity index is 651. The summed E-state index contributed by atoms with van der Waals surface area (Å²) >= 11 is 8.30. The molecule has 0 spiro atoms. The van der Waals surface area contributed by atoms with Gasteiger partial charge in [0.1, 0.15) is 5.52 Å². The number of nitrogens with two attached hydrogens (primary N) is 1. The van der Waals surface area contributed by atoms with Gasteiger partial charge < -0.3 is 4.74 Å². The molecule has 1 aromatic carbocycles. The molecule has 0 saturated carbocycles. The maximum Gasteiger partial charge on any atom is 0.274 e. The summed E-state index contributed by atoms with van der Waals surface area (Å²) in [5.41, 5.74) is 2.73. The number of hydrogen-bond acceptors (Lipinski definition) is 4. The molecule has 2 aromatic rings. The molecule has 0 aliphatic rings. The number of hydrazine groups is 1. The van der Waals surface area contributed by atoms with Crippen molar-refractivity contribution in [3.8, 4) is 5.75 Å². The number of pyridine rings is 1. The molecule has 1 heterocycles. The molecule has 5 nitrogen and oxygen atoms in total. The van der Waals surface area contributed by atoms with Gasteiger partial charge >= 0.3 is 0 Å². The molecule has 1 amide bonds. The van der Waals surface area contributed by atoms with Crippen molar-refractivity contribution in [2.75, 3.05) is 0 Å². The summed E-state index contributed by atoms with van der Waals surface area (Å²) in [6, 6.07) is 5.45. The number of halogens is 2. The zero-order valence-electron chi connectivity index (χ0n) is 10.7. The maximum atomic E-state index is 11.7. The standard InChI is InChI=1S/C13H13ClIN3O2/c1-2-10(13(19)18-16)20-12-9(15)6-8(14)7-4-3-5-17-11(7)12/h3-6,10H,2,16H2,1H3,(H,18,19). The zero-order chi connectivity index (χ0) is 14.7. The van der Waals surface area contributed by atoms with E-state index in [1.807, 2.05) is 13.0 Å². The number of benzene rings is 1. The van der Waals surface area contributed by atoms with Crippen LogP contribution in [0.4, 0.5) is 0 Å². The predicted molar refractivity (Wildman–Crippen MR) is 86.5 cm³/mol. The molecule has 20 heavy (non-hydrogen) atoms. The minimum Gasteiger partial charge on any atom is -0.477 e. The van der Waals surface area contributed by atoms with Crippen molar-refractivity contribution >= 4 is 51.0 Å². The van der Waals surface area contributed by atoms with E-state index in [-0.39, 0.29) is 5.91 Å². The van der Waals surface area contributed by atoms with E-state index in [1.165, 1.54) is 0 Å². The van der Waals surface area contributed by atoms with Gasteiger partial charge in [0.25, 0.3) is 5.91 Å². The van der Waals surface area contributed by atoms with Gasteiger partial charge in [0, 0.05) is 11.6 Å². The first-order valence-electron chi connectivity index (χ1n) is 5.98. The minimum atomic E-state index is -0.667. The summed E-state index contributed by atoms with van der Waals surface area (Å²) in [5.74, 6) is 5.33. The smallest absolute Gasteiger partial charge is 0.274 e. The lowest BCUT2D eigenvalue weighted by molar-refractivity contribution is -0.128. The third kappa shape index (κ3) is 2.97. The van der Waals surface area contributed by atoms with E-state index in [1.54, 1.807) is 18.3 Å². The first-order valence-corrected chi connectivity index (χ1v) is 7.44. The van der Waals surface area contributed by atoms with Crippen LogP contribution in [-0.4, -0.2) is 17.0 Å². The van der Waals surface area contributed by atoms with Gasteiger partial charge in [-0.15, -0.1) is 0 Å². The lowest BCUT2D eigenvalue weighted by atomic mass is 10.2. The van der Waals surface area contributed by atoms with Crippen molar-refractivity contribution in [3.63, 3.8) is 0 Å². The van der Waals surface area contributed by atoms with Gasteiger partial charge in [-0.25, -0.2) is 5.84 Å². The van der Waals surface area contributed by atoms with Crippen LogP contribution in [-0.2, 0) is 4.79 Å². The molecule has 1 atom stereocenters. The Labute approximate surface area is 134 Å². The molecule has 0 bridgehead atoms.